The van der Waals surface area contributed by atoms with Crippen LogP contribution in [0, 0.1) is 0 Å². The van der Waals surface area contributed by atoms with E-state index in [0.29, 0.717) is 6.42 Å². The minimum Gasteiger partial charge on any atom is -0.463 e. The molecule has 0 aromatic carbocycles. The van der Waals surface area contributed by atoms with Crippen LogP contribution in [0.4, 0.5) is 0 Å². The lowest BCUT2D eigenvalue weighted by Gasteiger charge is -2.43. The molecule has 2 saturated heterocycles. The maximum Gasteiger partial charge on any atom is 0.305 e. The van der Waals surface area contributed by atoms with Gasteiger partial charge in [0.2, 0.25) is 5.79 Å². The van der Waals surface area contributed by atoms with Gasteiger partial charge in [-0.15, -0.1) is 0 Å². The normalized spacial score (nSPS) is 34.9. The smallest absolute Gasteiger partial charge is 0.305 e. The minimum atomic E-state index is -2.27. The van der Waals surface area contributed by atoms with Crippen LogP contribution >= 0.6 is 0 Å². The lowest BCUT2D eigenvalue weighted by molar-refractivity contribution is -0.383. The summed E-state index contributed by atoms with van der Waals surface area (Å²) in [5.74, 6) is -2.76. The van der Waals surface area contributed by atoms with Gasteiger partial charge in [-0.3, -0.25) is 4.79 Å². The first-order chi connectivity index (χ1) is 18.7. The summed E-state index contributed by atoms with van der Waals surface area (Å²) in [5, 5.41) is 70.3. The van der Waals surface area contributed by atoms with Gasteiger partial charge in [-0.1, -0.05) is 77.6 Å². The number of hydrogen-bond donors (Lipinski definition) is 7. The summed E-state index contributed by atoms with van der Waals surface area (Å²) in [7, 11) is 0. The zero-order valence-electron chi connectivity index (χ0n) is 23.1. The number of ether oxygens (including phenoxy) is 4. The van der Waals surface area contributed by atoms with Gasteiger partial charge in [-0.25, -0.2) is 0 Å². The van der Waals surface area contributed by atoms with E-state index in [1.165, 1.54) is 51.4 Å². The van der Waals surface area contributed by atoms with Crippen LogP contribution in [0.3, 0.4) is 0 Å². The Kier molecular flexibility index (Phi) is 15.6. The van der Waals surface area contributed by atoms with Crippen molar-refractivity contribution in [2.45, 2.75) is 145 Å². The van der Waals surface area contributed by atoms with E-state index >= 15 is 0 Å². The summed E-state index contributed by atoms with van der Waals surface area (Å²) < 4.78 is 21.4. The van der Waals surface area contributed by atoms with Gasteiger partial charge in [-0.2, -0.15) is 0 Å². The topological polar surface area (TPSA) is 196 Å². The largest absolute Gasteiger partial charge is 0.463 e. The molecule has 0 aromatic rings. The minimum absolute atomic E-state index is 0.194. The summed E-state index contributed by atoms with van der Waals surface area (Å²) in [6, 6.07) is 0. The number of aliphatic hydroxyl groups is 7. The first-order valence-electron chi connectivity index (χ1n) is 14.5. The van der Waals surface area contributed by atoms with Gasteiger partial charge < -0.3 is 54.7 Å². The summed E-state index contributed by atoms with van der Waals surface area (Å²) >= 11 is 0. The van der Waals surface area contributed by atoms with E-state index in [-0.39, 0.29) is 6.42 Å². The fourth-order valence-corrected chi connectivity index (χ4v) is 4.98. The highest BCUT2D eigenvalue weighted by atomic mass is 16.8. The van der Waals surface area contributed by atoms with E-state index in [1.54, 1.807) is 0 Å². The highest BCUT2D eigenvalue weighted by Gasteiger charge is 2.58. The van der Waals surface area contributed by atoms with Crippen molar-refractivity contribution in [2.75, 3.05) is 19.8 Å². The molecule has 2 rings (SSSR count). The first-order valence-corrected chi connectivity index (χ1v) is 14.5. The second kappa shape index (κ2) is 17.8. The molecule has 2 aliphatic rings. The van der Waals surface area contributed by atoms with Crippen LogP contribution in [0.25, 0.3) is 0 Å². The van der Waals surface area contributed by atoms with Crippen LogP contribution in [0.1, 0.15) is 90.4 Å². The molecule has 2 heterocycles. The summed E-state index contributed by atoms with van der Waals surface area (Å²) in [4.78, 5) is 12.2. The predicted octanol–water partition coefficient (Wildman–Crippen LogP) is 0.247. The van der Waals surface area contributed by atoms with Gasteiger partial charge in [0.05, 0.1) is 6.61 Å². The number of unbranched alkanes of at least 4 members (excludes halogenated alkanes) is 11. The maximum atomic E-state index is 12.2. The third kappa shape index (κ3) is 10.1. The van der Waals surface area contributed by atoms with Crippen molar-refractivity contribution in [3.63, 3.8) is 0 Å². The predicted molar refractivity (Wildman–Crippen MR) is 138 cm³/mol. The van der Waals surface area contributed by atoms with Gasteiger partial charge in [0.1, 0.15) is 55.9 Å². The van der Waals surface area contributed by atoms with E-state index in [1.807, 2.05) is 0 Å². The molecular formula is C27H50O12. The van der Waals surface area contributed by atoms with Crippen LogP contribution in [-0.2, 0) is 23.7 Å². The molecule has 7 N–H and O–H groups in total. The van der Waals surface area contributed by atoms with Crippen LogP contribution in [0.15, 0.2) is 0 Å². The van der Waals surface area contributed by atoms with Crippen molar-refractivity contribution in [1.29, 1.82) is 0 Å². The molecule has 9 atom stereocenters. The molecule has 0 spiro atoms. The van der Waals surface area contributed by atoms with E-state index < -0.39 is 80.6 Å². The first kappa shape index (κ1) is 34.3. The molecule has 12 nitrogen and oxygen atoms in total. The van der Waals surface area contributed by atoms with Gasteiger partial charge in [0.15, 0.2) is 6.29 Å². The van der Waals surface area contributed by atoms with Crippen LogP contribution in [0.2, 0.25) is 0 Å². The molecule has 39 heavy (non-hydrogen) atoms. The zero-order valence-corrected chi connectivity index (χ0v) is 23.1. The Bertz CT molecular complexity index is 681. The molecule has 0 bridgehead atoms. The molecule has 0 unspecified atom stereocenters. The molecular weight excluding hydrogens is 516 g/mol. The number of esters is 1. The van der Waals surface area contributed by atoms with Gasteiger partial charge in [0, 0.05) is 6.42 Å². The Morgan fingerprint density at radius 1 is 0.744 bits per heavy atom. The average Bonchev–Trinajstić information content (AvgIpc) is 3.18. The van der Waals surface area contributed by atoms with Crippen LogP contribution in [-0.4, -0.2) is 116 Å². The zero-order chi connectivity index (χ0) is 28.8. The molecule has 0 amide bonds. The molecule has 12 heteroatoms. The second-order valence-electron chi connectivity index (χ2n) is 10.7. The van der Waals surface area contributed by atoms with Crippen molar-refractivity contribution in [3.8, 4) is 0 Å². The lowest BCUT2D eigenvalue weighted by Crippen LogP contribution is -2.62. The fourth-order valence-electron chi connectivity index (χ4n) is 4.98. The van der Waals surface area contributed by atoms with Crippen molar-refractivity contribution in [2.24, 2.45) is 0 Å². The Labute approximate surface area is 230 Å². The molecule has 230 valence electrons. The van der Waals surface area contributed by atoms with E-state index in [0.717, 1.165) is 19.3 Å². The summed E-state index contributed by atoms with van der Waals surface area (Å²) in [6.07, 6.45) is 1.30. The second-order valence-corrected chi connectivity index (χ2v) is 10.7. The van der Waals surface area contributed by atoms with Gasteiger partial charge >= 0.3 is 5.97 Å². The Hall–Kier alpha value is -0.930. The van der Waals surface area contributed by atoms with Crippen molar-refractivity contribution < 1.29 is 59.5 Å². The molecule has 0 aromatic heterocycles. The fraction of sp³-hybridized carbons (Fsp3) is 0.963. The van der Waals surface area contributed by atoms with Gasteiger partial charge in [0.25, 0.3) is 0 Å². The van der Waals surface area contributed by atoms with Crippen LogP contribution < -0.4 is 0 Å². The Morgan fingerprint density at radius 2 is 1.31 bits per heavy atom. The number of carbonyl (C=O) groups is 1. The Morgan fingerprint density at radius 3 is 1.82 bits per heavy atom. The molecule has 2 fully saturated rings. The third-order valence-electron chi connectivity index (χ3n) is 7.53. The van der Waals surface area contributed by atoms with E-state index in [4.69, 9.17) is 18.9 Å². The quantitative estimate of drug-likeness (QED) is 0.0833. The third-order valence-corrected chi connectivity index (χ3v) is 7.53. The van der Waals surface area contributed by atoms with E-state index in [2.05, 4.69) is 6.92 Å². The highest BCUT2D eigenvalue weighted by Crippen LogP contribution is 2.36. The monoisotopic (exact) mass is 566 g/mol. The SMILES string of the molecule is CCCCCCCCCCCCCCC(=O)OC[C@H]1O[C@H](O[C@]2(CO)O[C@H](CO)[C@@H](O)[C@@H]2O)[C@H](O)[C@@H](O)[C@@H]1O. The Balaban J connectivity index is 1.70. The van der Waals surface area contributed by atoms with Gasteiger partial charge in [-0.05, 0) is 6.42 Å². The number of carbonyl (C=O) groups excluding carboxylic acids is 1. The number of aliphatic hydroxyl groups excluding tert-OH is 7. The molecule has 0 aliphatic carbocycles. The standard InChI is InChI=1S/C27H50O12/c1-2-3-4-5-6-7-8-9-10-11-12-13-14-20(30)36-16-19-21(31)23(33)24(34)26(37-19)39-27(17-29)25(35)22(32)18(15-28)38-27/h18-19,21-26,28-29,31-35H,2-17H2,1H3/t18-,19-,21-,22-,23+,24-,25+,26-,27+/m1/s1. The molecule has 0 radical (unpaired) electrons. The maximum absolute atomic E-state index is 12.2. The number of rotatable bonds is 19. The van der Waals surface area contributed by atoms with Crippen molar-refractivity contribution in [3.05, 3.63) is 0 Å². The lowest BCUT2D eigenvalue weighted by atomic mass is 9.99. The van der Waals surface area contributed by atoms with Crippen LogP contribution in [0.5, 0.6) is 0 Å². The van der Waals surface area contributed by atoms with E-state index in [9.17, 15) is 40.5 Å². The summed E-state index contributed by atoms with van der Waals surface area (Å²) in [6.45, 7) is 0.122. The molecule has 2 aliphatic heterocycles. The molecule has 0 saturated carbocycles. The summed E-state index contributed by atoms with van der Waals surface area (Å²) in [5.41, 5.74) is 0. The number of hydrogen-bond acceptors (Lipinski definition) is 12. The van der Waals surface area contributed by atoms with Crippen molar-refractivity contribution >= 4 is 5.97 Å². The average molecular weight is 567 g/mol. The highest BCUT2D eigenvalue weighted by molar-refractivity contribution is 5.69. The van der Waals surface area contributed by atoms with Crippen molar-refractivity contribution in [1.82, 2.24) is 0 Å².